The van der Waals surface area contributed by atoms with Crippen molar-refractivity contribution in [1.29, 1.82) is 0 Å². The predicted molar refractivity (Wildman–Crippen MR) is 51.7 cm³/mol. The molecule has 4 N–H and O–H groups in total. The van der Waals surface area contributed by atoms with Gasteiger partial charge in [-0.25, -0.2) is 5.90 Å². The summed E-state index contributed by atoms with van der Waals surface area (Å²) >= 11 is 0. The minimum atomic E-state index is -4.05. The van der Waals surface area contributed by atoms with Gasteiger partial charge in [-0.05, 0) is 25.5 Å². The van der Waals surface area contributed by atoms with Crippen LogP contribution in [0.15, 0.2) is 23.1 Å². The second kappa shape index (κ2) is 5.06. The zero-order valence-corrected chi connectivity index (χ0v) is 8.75. The molecule has 0 spiro atoms. The second-order valence-corrected chi connectivity index (χ2v) is 4.13. The van der Waals surface area contributed by atoms with Crippen molar-refractivity contribution in [2.45, 2.75) is 18.7 Å². The van der Waals surface area contributed by atoms with E-state index in [2.05, 4.69) is 5.90 Å². The maximum absolute atomic E-state index is 10.7. The van der Waals surface area contributed by atoms with Crippen molar-refractivity contribution in [3.63, 3.8) is 0 Å². The van der Waals surface area contributed by atoms with Crippen LogP contribution in [0.3, 0.4) is 0 Å². The molecule has 0 aliphatic carbocycles. The number of benzene rings is 1. The minimum absolute atomic E-state index is 0.0203. The first-order valence-electron chi connectivity index (χ1n) is 3.72. The van der Waals surface area contributed by atoms with E-state index in [4.69, 9.17) is 9.76 Å². The smallest absolute Gasteiger partial charge is 0.294 e. The lowest BCUT2D eigenvalue weighted by molar-refractivity contribution is 0.311. The number of hydrogen-bond acceptors (Lipinski definition) is 4. The molecule has 0 fully saturated rings. The van der Waals surface area contributed by atoms with E-state index in [9.17, 15) is 8.42 Å². The van der Waals surface area contributed by atoms with Crippen LogP contribution in [0, 0.1) is 13.8 Å². The number of aryl methyl sites for hydroxylation is 2. The van der Waals surface area contributed by atoms with E-state index in [1.807, 2.05) is 6.92 Å². The summed E-state index contributed by atoms with van der Waals surface area (Å²) in [6, 6.07) is 4.76. The minimum Gasteiger partial charge on any atom is -0.320 e. The van der Waals surface area contributed by atoms with Crippen molar-refractivity contribution >= 4 is 10.1 Å². The van der Waals surface area contributed by atoms with Crippen LogP contribution in [-0.4, -0.2) is 18.2 Å². The van der Waals surface area contributed by atoms with Gasteiger partial charge in [-0.2, -0.15) is 8.42 Å². The van der Waals surface area contributed by atoms with Gasteiger partial charge in [0.2, 0.25) is 0 Å². The molecule has 6 heteroatoms. The standard InChI is InChI=1S/C8H10O3S.H3NO/c1-6-3-4-8(7(2)5-6)12(9,10)11;1-2/h3-5H,1-2H3,(H,9,10,11);2H,1H2. The Morgan fingerprint density at radius 1 is 1.21 bits per heavy atom. The summed E-state index contributed by atoms with van der Waals surface area (Å²) in [4.78, 5) is -0.0203. The molecule has 0 radical (unpaired) electrons. The Labute approximate surface area is 82.9 Å². The van der Waals surface area contributed by atoms with Crippen LogP contribution in [0.25, 0.3) is 0 Å². The van der Waals surface area contributed by atoms with E-state index < -0.39 is 10.1 Å². The fourth-order valence-electron chi connectivity index (χ4n) is 1.09. The van der Waals surface area contributed by atoms with Gasteiger partial charge in [-0.15, -0.1) is 0 Å². The fourth-order valence-corrected chi connectivity index (χ4v) is 1.79. The van der Waals surface area contributed by atoms with Gasteiger partial charge >= 0.3 is 0 Å². The highest BCUT2D eigenvalue weighted by atomic mass is 32.2. The molecular formula is C8H13NO4S. The molecule has 1 aromatic carbocycles. The number of rotatable bonds is 1. The van der Waals surface area contributed by atoms with E-state index >= 15 is 0 Å². The molecule has 0 bridgehead atoms. The van der Waals surface area contributed by atoms with Gasteiger partial charge in [-0.1, -0.05) is 17.7 Å². The van der Waals surface area contributed by atoms with E-state index in [1.54, 1.807) is 19.1 Å². The zero-order valence-electron chi connectivity index (χ0n) is 7.93. The van der Waals surface area contributed by atoms with Crippen LogP contribution in [0.1, 0.15) is 11.1 Å². The van der Waals surface area contributed by atoms with Gasteiger partial charge in [0.15, 0.2) is 0 Å². The predicted octanol–water partition coefficient (Wildman–Crippen LogP) is 0.884. The average molecular weight is 219 g/mol. The molecule has 0 amide bonds. The third-order valence-corrected chi connectivity index (χ3v) is 2.62. The largest absolute Gasteiger partial charge is 0.320 e. The molecule has 0 aliphatic heterocycles. The molecule has 0 aromatic heterocycles. The highest BCUT2D eigenvalue weighted by molar-refractivity contribution is 7.85. The molecule has 14 heavy (non-hydrogen) atoms. The molecule has 5 nitrogen and oxygen atoms in total. The van der Waals surface area contributed by atoms with E-state index in [0.29, 0.717) is 5.56 Å². The SMILES string of the molecule is Cc1ccc(S(=O)(=O)O)c(C)c1.NO. The van der Waals surface area contributed by atoms with Crippen LogP contribution in [-0.2, 0) is 10.1 Å². The highest BCUT2D eigenvalue weighted by Gasteiger charge is 2.11. The molecule has 0 heterocycles. The van der Waals surface area contributed by atoms with Crippen molar-refractivity contribution in [3.8, 4) is 0 Å². The van der Waals surface area contributed by atoms with Crippen LogP contribution in [0.4, 0.5) is 0 Å². The number of nitrogens with two attached hydrogens (primary N) is 1. The van der Waals surface area contributed by atoms with Gasteiger partial charge < -0.3 is 5.21 Å². The lowest BCUT2D eigenvalue weighted by Gasteiger charge is -2.02. The fraction of sp³-hybridized carbons (Fsp3) is 0.250. The molecule has 0 atom stereocenters. The summed E-state index contributed by atoms with van der Waals surface area (Å²) in [5.41, 5.74) is 1.54. The Balaban J connectivity index is 0.000000791. The first kappa shape index (κ1) is 13.1. The van der Waals surface area contributed by atoms with Gasteiger partial charge in [-0.3, -0.25) is 4.55 Å². The maximum atomic E-state index is 10.7. The first-order chi connectivity index (χ1) is 6.41. The van der Waals surface area contributed by atoms with Crippen molar-refractivity contribution in [2.75, 3.05) is 0 Å². The highest BCUT2D eigenvalue weighted by Crippen LogP contribution is 2.15. The Morgan fingerprint density at radius 3 is 2.07 bits per heavy atom. The van der Waals surface area contributed by atoms with Crippen molar-refractivity contribution < 1.29 is 18.2 Å². The normalized spacial score (nSPS) is 10.4. The monoisotopic (exact) mass is 219 g/mol. The van der Waals surface area contributed by atoms with Crippen LogP contribution >= 0.6 is 0 Å². The van der Waals surface area contributed by atoms with Crippen LogP contribution in [0.2, 0.25) is 0 Å². The summed E-state index contributed by atoms with van der Waals surface area (Å²) in [7, 11) is -4.05. The second-order valence-electron chi connectivity index (χ2n) is 2.74. The Kier molecular flexibility index (Phi) is 4.72. The Hall–Kier alpha value is -0.950. The van der Waals surface area contributed by atoms with Crippen molar-refractivity contribution in [2.24, 2.45) is 5.90 Å². The molecule has 0 saturated heterocycles. The van der Waals surface area contributed by atoms with Crippen LogP contribution in [0.5, 0.6) is 0 Å². The third-order valence-electron chi connectivity index (χ3n) is 1.61. The summed E-state index contributed by atoms with van der Waals surface area (Å²) in [6.07, 6.45) is 0. The topological polar surface area (TPSA) is 101 Å². The summed E-state index contributed by atoms with van der Waals surface area (Å²) in [6.45, 7) is 3.51. The van der Waals surface area contributed by atoms with Crippen LogP contribution < -0.4 is 5.90 Å². The van der Waals surface area contributed by atoms with E-state index in [-0.39, 0.29) is 4.90 Å². The molecule has 80 valence electrons. The third kappa shape index (κ3) is 3.43. The van der Waals surface area contributed by atoms with Crippen molar-refractivity contribution in [3.05, 3.63) is 29.3 Å². The average Bonchev–Trinajstić information content (AvgIpc) is 2.05. The molecule has 0 saturated carbocycles. The van der Waals surface area contributed by atoms with Gasteiger partial charge in [0, 0.05) is 0 Å². The summed E-state index contributed by atoms with van der Waals surface area (Å²) < 4.78 is 30.2. The molecular weight excluding hydrogens is 206 g/mol. The molecule has 1 aromatic rings. The molecule has 1 rings (SSSR count). The molecule has 0 aliphatic rings. The summed E-state index contributed by atoms with van der Waals surface area (Å²) in [5.74, 6) is 3.50. The van der Waals surface area contributed by atoms with Gasteiger partial charge in [0.1, 0.15) is 0 Å². The summed E-state index contributed by atoms with van der Waals surface area (Å²) in [5, 5.41) is 6.50. The Bertz CT molecular complexity index is 400. The van der Waals surface area contributed by atoms with Gasteiger partial charge in [0.05, 0.1) is 4.90 Å². The van der Waals surface area contributed by atoms with E-state index in [0.717, 1.165) is 5.56 Å². The lowest BCUT2D eigenvalue weighted by Crippen LogP contribution is -2.00. The molecule has 0 unspecified atom stereocenters. The quantitative estimate of drug-likeness (QED) is 0.481. The Morgan fingerprint density at radius 2 is 1.71 bits per heavy atom. The maximum Gasteiger partial charge on any atom is 0.294 e. The zero-order chi connectivity index (χ0) is 11.4. The van der Waals surface area contributed by atoms with E-state index in [1.165, 1.54) is 6.07 Å². The lowest BCUT2D eigenvalue weighted by atomic mass is 10.2. The number of hydrogen-bond donors (Lipinski definition) is 3. The van der Waals surface area contributed by atoms with Crippen molar-refractivity contribution in [1.82, 2.24) is 0 Å². The van der Waals surface area contributed by atoms with Gasteiger partial charge in [0.25, 0.3) is 10.1 Å². The first-order valence-corrected chi connectivity index (χ1v) is 5.16.